The number of non-ortho nitro benzene ring substituents is 1. The molecule has 0 saturated carbocycles. The van der Waals surface area contributed by atoms with Crippen LogP contribution < -0.4 is 26.4 Å². The molecule has 0 aliphatic heterocycles. The average Bonchev–Trinajstić information content (AvgIpc) is 3.07. The second-order valence-corrected chi connectivity index (χ2v) is 11.3. The predicted molar refractivity (Wildman–Crippen MR) is 177 cm³/mol. The Morgan fingerprint density at radius 2 is 1.47 bits per heavy atom. The van der Waals surface area contributed by atoms with Gasteiger partial charge in [0.15, 0.2) is 0 Å². The van der Waals surface area contributed by atoms with Crippen molar-refractivity contribution in [1.82, 2.24) is 10.6 Å². The highest BCUT2D eigenvalue weighted by atomic mass is 16.7. The highest BCUT2D eigenvalue weighted by molar-refractivity contribution is 5.97. The van der Waals surface area contributed by atoms with Crippen LogP contribution in [0.5, 0.6) is 5.75 Å². The SMILES string of the molecule is CC(C)[C@H](CC(=O)OCc1ccccc1)C(=O)N[C@@H](CCCNC(N)=O)C(=O)Nc1ccc(COC(=O)Oc2ccc([N+](=O)[O-])cc2)cc1. The summed E-state index contributed by atoms with van der Waals surface area (Å²) in [5, 5.41) is 18.7. The first-order valence-corrected chi connectivity index (χ1v) is 15.4. The van der Waals surface area contributed by atoms with E-state index in [1.165, 1.54) is 24.3 Å². The summed E-state index contributed by atoms with van der Waals surface area (Å²) in [6.45, 7) is 3.68. The first-order valence-electron chi connectivity index (χ1n) is 15.4. The third-order valence-corrected chi connectivity index (χ3v) is 7.20. The summed E-state index contributed by atoms with van der Waals surface area (Å²) in [7, 11) is 0. The molecule has 0 bridgehead atoms. The van der Waals surface area contributed by atoms with Crippen LogP contribution in [0.4, 0.5) is 21.0 Å². The lowest BCUT2D eigenvalue weighted by Gasteiger charge is -2.24. The van der Waals surface area contributed by atoms with E-state index < -0.39 is 46.9 Å². The molecule has 2 atom stereocenters. The lowest BCUT2D eigenvalue weighted by Crippen LogP contribution is -2.47. The summed E-state index contributed by atoms with van der Waals surface area (Å²) in [4.78, 5) is 72.6. The molecular formula is C34H39N5O10. The van der Waals surface area contributed by atoms with Crippen molar-refractivity contribution >= 4 is 41.3 Å². The highest BCUT2D eigenvalue weighted by Gasteiger charge is 2.30. The summed E-state index contributed by atoms with van der Waals surface area (Å²) in [5.74, 6) is -2.52. The van der Waals surface area contributed by atoms with Crippen LogP contribution in [0.2, 0.25) is 0 Å². The van der Waals surface area contributed by atoms with E-state index in [4.69, 9.17) is 19.9 Å². The van der Waals surface area contributed by atoms with Crippen molar-refractivity contribution in [1.29, 1.82) is 0 Å². The number of nitro groups is 1. The molecule has 0 unspecified atom stereocenters. The fourth-order valence-corrected chi connectivity index (χ4v) is 4.49. The molecule has 5 N–H and O–H groups in total. The topological polar surface area (TPSA) is 218 Å². The van der Waals surface area contributed by atoms with E-state index in [0.717, 1.165) is 5.56 Å². The van der Waals surface area contributed by atoms with Gasteiger partial charge in [-0.1, -0.05) is 56.3 Å². The number of rotatable bonds is 17. The fourth-order valence-electron chi connectivity index (χ4n) is 4.49. The monoisotopic (exact) mass is 677 g/mol. The Kier molecular flexibility index (Phi) is 14.5. The molecule has 0 radical (unpaired) electrons. The van der Waals surface area contributed by atoms with Gasteiger partial charge in [0.2, 0.25) is 11.8 Å². The van der Waals surface area contributed by atoms with Crippen molar-refractivity contribution < 1.29 is 43.1 Å². The minimum Gasteiger partial charge on any atom is -0.461 e. The Balaban J connectivity index is 1.57. The number of amides is 4. The van der Waals surface area contributed by atoms with Crippen molar-refractivity contribution in [3.63, 3.8) is 0 Å². The summed E-state index contributed by atoms with van der Waals surface area (Å²) in [6, 6.07) is 18.7. The molecule has 0 heterocycles. The molecule has 0 fully saturated rings. The van der Waals surface area contributed by atoms with E-state index >= 15 is 0 Å². The molecular weight excluding hydrogens is 638 g/mol. The van der Waals surface area contributed by atoms with Crippen LogP contribution in [0, 0.1) is 22.0 Å². The number of hydrogen-bond acceptors (Lipinski definition) is 10. The zero-order valence-electron chi connectivity index (χ0n) is 27.1. The first kappa shape index (κ1) is 37.5. The number of nitrogens with two attached hydrogens (primary N) is 1. The van der Waals surface area contributed by atoms with E-state index in [1.807, 2.05) is 30.3 Å². The van der Waals surface area contributed by atoms with E-state index in [2.05, 4.69) is 16.0 Å². The third kappa shape index (κ3) is 13.3. The number of nitro benzene ring substituents is 1. The highest BCUT2D eigenvalue weighted by Crippen LogP contribution is 2.20. The number of primary amides is 1. The maximum absolute atomic E-state index is 13.4. The number of anilines is 1. The fraction of sp³-hybridized carbons (Fsp3) is 0.324. The van der Waals surface area contributed by atoms with Crippen molar-refractivity contribution in [3.05, 3.63) is 100 Å². The summed E-state index contributed by atoms with van der Waals surface area (Å²) in [5.41, 5.74) is 6.75. The van der Waals surface area contributed by atoms with Crippen molar-refractivity contribution in [2.75, 3.05) is 11.9 Å². The van der Waals surface area contributed by atoms with E-state index in [-0.39, 0.29) is 50.0 Å². The van der Waals surface area contributed by atoms with Crippen LogP contribution in [-0.4, -0.2) is 47.5 Å². The van der Waals surface area contributed by atoms with Gasteiger partial charge in [-0.2, -0.15) is 0 Å². The second-order valence-electron chi connectivity index (χ2n) is 11.3. The van der Waals surface area contributed by atoms with E-state index in [9.17, 15) is 34.1 Å². The van der Waals surface area contributed by atoms with Gasteiger partial charge in [0.25, 0.3) is 5.69 Å². The number of nitrogens with zero attached hydrogens (tertiary/aromatic N) is 1. The van der Waals surface area contributed by atoms with Crippen LogP contribution in [0.15, 0.2) is 78.9 Å². The molecule has 3 aromatic rings. The molecule has 0 aromatic heterocycles. The lowest BCUT2D eigenvalue weighted by molar-refractivity contribution is -0.384. The molecule has 15 heteroatoms. The molecule has 3 rings (SSSR count). The zero-order chi connectivity index (χ0) is 35.8. The summed E-state index contributed by atoms with van der Waals surface area (Å²) in [6.07, 6.45) is -0.721. The Morgan fingerprint density at radius 1 is 0.837 bits per heavy atom. The summed E-state index contributed by atoms with van der Waals surface area (Å²) >= 11 is 0. The number of carbonyl (C=O) groups is 5. The minimum absolute atomic E-state index is 0.0706. The van der Waals surface area contributed by atoms with Gasteiger partial charge in [0.05, 0.1) is 17.3 Å². The molecule has 4 amide bonds. The van der Waals surface area contributed by atoms with Crippen LogP contribution in [-0.2, 0) is 37.1 Å². The number of ether oxygens (including phenoxy) is 3. The Hall–Kier alpha value is -5.99. The lowest BCUT2D eigenvalue weighted by atomic mass is 9.91. The van der Waals surface area contributed by atoms with Crippen molar-refractivity contribution in [3.8, 4) is 5.75 Å². The van der Waals surface area contributed by atoms with Gasteiger partial charge in [-0.05, 0) is 54.2 Å². The second kappa shape index (κ2) is 19.0. The van der Waals surface area contributed by atoms with Gasteiger partial charge in [-0.3, -0.25) is 24.5 Å². The van der Waals surface area contributed by atoms with Gasteiger partial charge in [-0.15, -0.1) is 0 Å². The maximum atomic E-state index is 13.4. The van der Waals surface area contributed by atoms with Crippen LogP contribution in [0.1, 0.15) is 44.2 Å². The van der Waals surface area contributed by atoms with Crippen LogP contribution >= 0.6 is 0 Å². The Bertz CT molecular complexity index is 1580. The molecule has 0 aliphatic rings. The molecule has 260 valence electrons. The molecule has 0 aliphatic carbocycles. The maximum Gasteiger partial charge on any atom is 0.514 e. The minimum atomic E-state index is -1.01. The molecule has 3 aromatic carbocycles. The third-order valence-electron chi connectivity index (χ3n) is 7.20. The number of benzene rings is 3. The van der Waals surface area contributed by atoms with Crippen molar-refractivity contribution in [2.24, 2.45) is 17.6 Å². The van der Waals surface area contributed by atoms with E-state index in [0.29, 0.717) is 17.7 Å². The number of urea groups is 1. The first-order chi connectivity index (χ1) is 23.4. The predicted octanol–water partition coefficient (Wildman–Crippen LogP) is 4.59. The van der Waals surface area contributed by atoms with Gasteiger partial charge in [0, 0.05) is 24.4 Å². The molecule has 0 saturated heterocycles. The van der Waals surface area contributed by atoms with Gasteiger partial charge in [-0.25, -0.2) is 9.59 Å². The van der Waals surface area contributed by atoms with Crippen LogP contribution in [0.25, 0.3) is 0 Å². The normalized spacial score (nSPS) is 11.8. The van der Waals surface area contributed by atoms with Gasteiger partial charge >= 0.3 is 18.2 Å². The molecule has 15 nitrogen and oxygen atoms in total. The molecule has 49 heavy (non-hydrogen) atoms. The number of nitrogens with one attached hydrogen (secondary N) is 3. The smallest absolute Gasteiger partial charge is 0.461 e. The van der Waals surface area contributed by atoms with Gasteiger partial charge in [0.1, 0.15) is 25.0 Å². The Morgan fingerprint density at radius 3 is 2.08 bits per heavy atom. The average molecular weight is 678 g/mol. The molecule has 0 spiro atoms. The quantitative estimate of drug-likeness (QED) is 0.0512. The number of esters is 1. The zero-order valence-corrected chi connectivity index (χ0v) is 27.1. The number of hydrogen-bond donors (Lipinski definition) is 4. The Labute approximate surface area is 282 Å². The van der Waals surface area contributed by atoms with Crippen molar-refractivity contribution in [2.45, 2.75) is 52.4 Å². The summed E-state index contributed by atoms with van der Waals surface area (Å²) < 4.78 is 15.5. The van der Waals surface area contributed by atoms with E-state index in [1.54, 1.807) is 38.1 Å². The van der Waals surface area contributed by atoms with Gasteiger partial charge < -0.3 is 35.9 Å². The van der Waals surface area contributed by atoms with Crippen LogP contribution in [0.3, 0.4) is 0 Å². The number of carbonyl (C=O) groups excluding carboxylic acids is 5. The standard InChI is InChI=1S/C34H39N5O10/c1-22(2)28(19-30(40)47-20-23-7-4-3-5-8-23)31(41)38-29(9-6-18-36-33(35)43)32(42)37-25-12-10-24(11-13-25)21-48-34(44)49-27-16-14-26(15-17-27)39(45)46/h3-5,7-8,10-17,22,28-29H,6,9,18-21H2,1-2H3,(H,37,42)(H,38,41)(H3,35,36,43)/t28-,29-/m0/s1. The largest absolute Gasteiger partial charge is 0.514 e.